The van der Waals surface area contributed by atoms with Crippen LogP contribution in [0.2, 0.25) is 0 Å². The number of nitriles is 1. The Hall–Kier alpha value is -3.39. The largest absolute Gasteiger partial charge is 0.463 e. The Balaban J connectivity index is 1.97. The summed E-state index contributed by atoms with van der Waals surface area (Å²) in [5, 5.41) is 10.9. The van der Waals surface area contributed by atoms with Crippen LogP contribution in [0.3, 0.4) is 0 Å². The molecule has 0 spiro atoms. The molecule has 5 heteroatoms. The second kappa shape index (κ2) is 7.66. The van der Waals surface area contributed by atoms with Gasteiger partial charge in [-0.25, -0.2) is 9.59 Å². The summed E-state index contributed by atoms with van der Waals surface area (Å²) in [4.78, 5) is 23.9. The molecule has 26 heavy (non-hydrogen) atoms. The summed E-state index contributed by atoms with van der Waals surface area (Å²) in [5.41, 5.74) is 1.15. The summed E-state index contributed by atoms with van der Waals surface area (Å²) in [7, 11) is 0. The van der Waals surface area contributed by atoms with Crippen molar-refractivity contribution >= 4 is 33.8 Å². The molecule has 0 saturated carbocycles. The third-order valence-corrected chi connectivity index (χ3v) is 4.02. The molecule has 0 amide bonds. The van der Waals surface area contributed by atoms with Gasteiger partial charge in [-0.05, 0) is 42.3 Å². The van der Waals surface area contributed by atoms with E-state index in [4.69, 9.17) is 14.4 Å². The van der Waals surface area contributed by atoms with Gasteiger partial charge in [-0.3, -0.25) is 0 Å². The summed E-state index contributed by atoms with van der Waals surface area (Å²) in [6, 6.07) is 12.3. The van der Waals surface area contributed by atoms with E-state index < -0.39 is 11.6 Å². The molecule has 0 N–H and O–H groups in total. The minimum absolute atomic E-state index is 0.397. The fraction of sp³-hybridized carbons (Fsp3) is 0.190. The smallest absolute Gasteiger partial charge is 0.344 e. The van der Waals surface area contributed by atoms with Crippen LogP contribution in [0.25, 0.3) is 27.8 Å². The van der Waals surface area contributed by atoms with Crippen LogP contribution in [0.5, 0.6) is 0 Å². The van der Waals surface area contributed by atoms with Gasteiger partial charge >= 0.3 is 11.6 Å². The van der Waals surface area contributed by atoms with Crippen LogP contribution >= 0.6 is 0 Å². The minimum Gasteiger partial charge on any atom is -0.463 e. The van der Waals surface area contributed by atoms with E-state index in [2.05, 4.69) is 6.07 Å². The first-order valence-electron chi connectivity index (χ1n) is 8.38. The van der Waals surface area contributed by atoms with Gasteiger partial charge in [0.15, 0.2) is 0 Å². The number of carbonyl (C=O) groups excluding carboxylic acids is 1. The van der Waals surface area contributed by atoms with Crippen molar-refractivity contribution in [2.24, 2.45) is 0 Å². The van der Waals surface area contributed by atoms with E-state index in [0.717, 1.165) is 12.8 Å². The predicted molar refractivity (Wildman–Crippen MR) is 99.6 cm³/mol. The monoisotopic (exact) mass is 347 g/mol. The molecule has 1 aromatic heterocycles. The van der Waals surface area contributed by atoms with Crippen LogP contribution in [0.4, 0.5) is 0 Å². The molecule has 0 saturated heterocycles. The number of unbranched alkanes of at least 4 members (excludes halogenated alkanes) is 1. The maximum atomic E-state index is 12.3. The number of hydrogen-bond acceptors (Lipinski definition) is 5. The molecule has 130 valence electrons. The van der Waals surface area contributed by atoms with Gasteiger partial charge < -0.3 is 9.15 Å². The van der Waals surface area contributed by atoms with E-state index in [1.165, 1.54) is 6.08 Å². The zero-order chi connectivity index (χ0) is 18.5. The number of carbonyl (C=O) groups is 1. The third kappa shape index (κ3) is 3.65. The van der Waals surface area contributed by atoms with Crippen molar-refractivity contribution in [2.45, 2.75) is 19.8 Å². The highest BCUT2D eigenvalue weighted by molar-refractivity contribution is 6.05. The van der Waals surface area contributed by atoms with Gasteiger partial charge in [0.25, 0.3) is 0 Å². The average molecular weight is 347 g/mol. The van der Waals surface area contributed by atoms with Gasteiger partial charge in [-0.15, -0.1) is 0 Å². The molecule has 1 heterocycles. The van der Waals surface area contributed by atoms with Crippen molar-refractivity contribution in [3.05, 3.63) is 64.0 Å². The summed E-state index contributed by atoms with van der Waals surface area (Å²) in [5.74, 6) is -0.414. The lowest BCUT2D eigenvalue weighted by molar-refractivity contribution is -0.137. The zero-order valence-electron chi connectivity index (χ0n) is 14.3. The molecule has 0 unspecified atom stereocenters. The number of esters is 1. The molecule has 0 atom stereocenters. The van der Waals surface area contributed by atoms with Crippen molar-refractivity contribution < 1.29 is 13.9 Å². The van der Waals surface area contributed by atoms with Gasteiger partial charge in [0, 0.05) is 16.8 Å². The molecule has 0 bridgehead atoms. The second-order valence-electron chi connectivity index (χ2n) is 5.87. The fourth-order valence-electron chi connectivity index (χ4n) is 2.65. The van der Waals surface area contributed by atoms with E-state index in [1.54, 1.807) is 42.5 Å². The lowest BCUT2D eigenvalue weighted by Crippen LogP contribution is -2.02. The van der Waals surface area contributed by atoms with Gasteiger partial charge in [-0.1, -0.05) is 25.5 Å². The van der Waals surface area contributed by atoms with Crippen molar-refractivity contribution in [1.82, 2.24) is 0 Å². The predicted octanol–water partition coefficient (Wildman–Crippen LogP) is 4.17. The Morgan fingerprint density at radius 1 is 1.19 bits per heavy atom. The van der Waals surface area contributed by atoms with Crippen molar-refractivity contribution in [1.29, 1.82) is 5.26 Å². The second-order valence-corrected chi connectivity index (χ2v) is 5.87. The molecule has 0 fully saturated rings. The highest BCUT2D eigenvalue weighted by atomic mass is 16.5. The van der Waals surface area contributed by atoms with Crippen LogP contribution in [0.1, 0.15) is 30.9 Å². The summed E-state index contributed by atoms with van der Waals surface area (Å²) < 4.78 is 10.4. The summed E-state index contributed by atoms with van der Waals surface area (Å²) in [6.45, 7) is 2.42. The first-order chi connectivity index (χ1) is 12.6. The third-order valence-electron chi connectivity index (χ3n) is 4.02. The molecule has 0 aliphatic heterocycles. The number of ether oxygens (including phenoxy) is 1. The molecular weight excluding hydrogens is 330 g/mol. The fourth-order valence-corrected chi connectivity index (χ4v) is 2.65. The minimum atomic E-state index is -0.460. The molecule has 3 aromatic rings. The number of rotatable bonds is 5. The number of benzene rings is 2. The van der Waals surface area contributed by atoms with E-state index in [-0.39, 0.29) is 0 Å². The van der Waals surface area contributed by atoms with Gasteiger partial charge in [-0.2, -0.15) is 5.26 Å². The molecule has 3 rings (SSSR count). The highest BCUT2D eigenvalue weighted by Gasteiger charge is 2.08. The topological polar surface area (TPSA) is 80.3 Å². The van der Waals surface area contributed by atoms with Crippen molar-refractivity contribution in [3.63, 3.8) is 0 Å². The Labute approximate surface area is 150 Å². The van der Waals surface area contributed by atoms with Crippen LogP contribution in [-0.2, 0) is 9.53 Å². The van der Waals surface area contributed by atoms with E-state index in [1.807, 2.05) is 6.92 Å². The summed E-state index contributed by atoms with van der Waals surface area (Å²) >= 11 is 0. The molecule has 5 nitrogen and oxygen atoms in total. The SMILES string of the molecule is CCCCOC(=O)/C=C/c1ccc2c(c1)c(=O)oc1ccc(C#N)cc12. The first-order valence-corrected chi connectivity index (χ1v) is 8.38. The Morgan fingerprint density at radius 2 is 2.04 bits per heavy atom. The van der Waals surface area contributed by atoms with Crippen molar-refractivity contribution in [3.8, 4) is 6.07 Å². The van der Waals surface area contributed by atoms with Crippen LogP contribution < -0.4 is 5.63 Å². The number of fused-ring (bicyclic) bond motifs is 3. The average Bonchev–Trinajstić information content (AvgIpc) is 2.66. The van der Waals surface area contributed by atoms with Gasteiger partial charge in [0.2, 0.25) is 0 Å². The lowest BCUT2D eigenvalue weighted by atomic mass is 10.0. The zero-order valence-corrected chi connectivity index (χ0v) is 14.3. The maximum absolute atomic E-state index is 12.3. The maximum Gasteiger partial charge on any atom is 0.344 e. The first kappa shape index (κ1) is 17.4. The normalized spacial score (nSPS) is 11.1. The number of nitrogens with zero attached hydrogens (tertiary/aromatic N) is 1. The van der Waals surface area contributed by atoms with E-state index in [0.29, 0.717) is 39.5 Å². The van der Waals surface area contributed by atoms with E-state index in [9.17, 15) is 9.59 Å². The standard InChI is InChI=1S/C21H17NO4/c1-2-3-10-25-20(23)9-6-14-4-7-16-17-12-15(13-22)5-8-19(17)26-21(24)18(16)11-14/h4-9,11-12H,2-3,10H2,1H3/b9-6+. The lowest BCUT2D eigenvalue weighted by Gasteiger charge is -2.04. The van der Waals surface area contributed by atoms with Crippen LogP contribution in [0, 0.1) is 11.3 Å². The quantitative estimate of drug-likeness (QED) is 0.227. The number of hydrogen-bond donors (Lipinski definition) is 0. The van der Waals surface area contributed by atoms with Crippen LogP contribution in [0.15, 0.2) is 51.7 Å². The Morgan fingerprint density at radius 3 is 2.81 bits per heavy atom. The molecule has 0 aliphatic carbocycles. The molecular formula is C21H17NO4. The van der Waals surface area contributed by atoms with Crippen molar-refractivity contribution in [2.75, 3.05) is 6.61 Å². The van der Waals surface area contributed by atoms with Crippen LogP contribution in [-0.4, -0.2) is 12.6 Å². The highest BCUT2D eigenvalue weighted by Crippen LogP contribution is 2.25. The Bertz CT molecular complexity index is 1100. The van der Waals surface area contributed by atoms with E-state index >= 15 is 0 Å². The van der Waals surface area contributed by atoms with Gasteiger partial charge in [0.1, 0.15) is 5.58 Å². The molecule has 2 aromatic carbocycles. The van der Waals surface area contributed by atoms with Gasteiger partial charge in [0.05, 0.1) is 23.6 Å². The molecule has 0 aliphatic rings. The Kier molecular flexibility index (Phi) is 5.14. The molecule has 0 radical (unpaired) electrons. The summed E-state index contributed by atoms with van der Waals surface area (Å²) in [6.07, 6.45) is 4.73.